The zero-order chi connectivity index (χ0) is 12.3. The van der Waals surface area contributed by atoms with Crippen molar-refractivity contribution in [2.24, 2.45) is 5.73 Å². The summed E-state index contributed by atoms with van der Waals surface area (Å²) >= 11 is 0. The van der Waals surface area contributed by atoms with Crippen LogP contribution in [-0.4, -0.2) is 6.54 Å². The maximum atomic E-state index is 5.72. The molecule has 2 aromatic rings. The molecule has 0 radical (unpaired) electrons. The molecule has 0 fully saturated rings. The van der Waals surface area contributed by atoms with E-state index >= 15 is 0 Å². The molecule has 1 nitrogen and oxygen atoms in total. The van der Waals surface area contributed by atoms with Gasteiger partial charge in [-0.15, -0.1) is 0 Å². The molecular weight excluding hydrogens is 206 g/mol. The Bertz CT molecular complexity index is 502. The van der Waals surface area contributed by atoms with E-state index in [1.165, 1.54) is 22.3 Å². The highest BCUT2D eigenvalue weighted by Gasteiger charge is 2.06. The smallest absolute Gasteiger partial charge is 0.00109 e. The van der Waals surface area contributed by atoms with Crippen LogP contribution in [0, 0.1) is 6.92 Å². The predicted octanol–water partition coefficient (Wildman–Crippen LogP) is 3.72. The van der Waals surface area contributed by atoms with Gasteiger partial charge in [0.25, 0.3) is 0 Å². The highest BCUT2D eigenvalue weighted by atomic mass is 14.5. The summed E-state index contributed by atoms with van der Waals surface area (Å²) in [6.07, 6.45) is 0. The van der Waals surface area contributed by atoms with Crippen molar-refractivity contribution in [2.75, 3.05) is 6.54 Å². The second-order valence-corrected chi connectivity index (χ2v) is 4.58. The lowest BCUT2D eigenvalue weighted by molar-refractivity contribution is 0.774. The molecule has 0 saturated heterocycles. The number of benzene rings is 2. The quantitative estimate of drug-likeness (QED) is 0.846. The van der Waals surface area contributed by atoms with Gasteiger partial charge in [0.15, 0.2) is 0 Å². The average Bonchev–Trinajstić information content (AvgIpc) is 2.38. The monoisotopic (exact) mass is 225 g/mol. The van der Waals surface area contributed by atoms with E-state index in [2.05, 4.69) is 62.4 Å². The van der Waals surface area contributed by atoms with Crippen LogP contribution in [0.5, 0.6) is 0 Å². The summed E-state index contributed by atoms with van der Waals surface area (Å²) in [4.78, 5) is 0. The molecule has 0 aliphatic carbocycles. The fraction of sp³-hybridized carbons (Fsp3) is 0.250. The number of aryl methyl sites for hydroxylation is 1. The largest absolute Gasteiger partial charge is 0.330 e. The lowest BCUT2D eigenvalue weighted by atomic mass is 9.94. The second kappa shape index (κ2) is 5.15. The number of nitrogens with two attached hydrogens (primary N) is 1. The second-order valence-electron chi connectivity index (χ2n) is 4.58. The van der Waals surface area contributed by atoms with Crippen molar-refractivity contribution in [2.45, 2.75) is 19.8 Å². The molecule has 0 aliphatic heterocycles. The molecule has 88 valence electrons. The predicted molar refractivity (Wildman–Crippen MR) is 74.1 cm³/mol. The van der Waals surface area contributed by atoms with E-state index < -0.39 is 0 Å². The Kier molecular flexibility index (Phi) is 3.60. The molecule has 1 heteroatoms. The first-order chi connectivity index (χ1) is 8.22. The molecule has 0 aliphatic rings. The Labute approximate surface area is 103 Å². The summed E-state index contributed by atoms with van der Waals surface area (Å²) in [5.74, 6) is 0.416. The van der Waals surface area contributed by atoms with Gasteiger partial charge in [-0.05, 0) is 41.6 Å². The van der Waals surface area contributed by atoms with E-state index in [0.717, 1.165) is 0 Å². The van der Waals surface area contributed by atoms with E-state index in [0.29, 0.717) is 12.5 Å². The Morgan fingerprint density at radius 3 is 2.53 bits per heavy atom. The Morgan fingerprint density at radius 1 is 1.06 bits per heavy atom. The Balaban J connectivity index is 2.43. The fourth-order valence-corrected chi connectivity index (χ4v) is 2.05. The van der Waals surface area contributed by atoms with Gasteiger partial charge in [-0.1, -0.05) is 55.5 Å². The van der Waals surface area contributed by atoms with Gasteiger partial charge >= 0.3 is 0 Å². The standard InChI is InChI=1S/C16H19N/c1-12-6-3-4-9-16(12)15-8-5-7-14(10-15)13(2)11-17/h3-10,13H,11,17H2,1-2H3. The van der Waals surface area contributed by atoms with Gasteiger partial charge in [-0.2, -0.15) is 0 Å². The van der Waals surface area contributed by atoms with Crippen LogP contribution in [0.2, 0.25) is 0 Å². The zero-order valence-corrected chi connectivity index (χ0v) is 10.5. The third-order valence-corrected chi connectivity index (χ3v) is 3.27. The van der Waals surface area contributed by atoms with Crippen LogP contribution in [0.15, 0.2) is 48.5 Å². The molecule has 0 bridgehead atoms. The summed E-state index contributed by atoms with van der Waals surface area (Å²) in [5, 5.41) is 0. The van der Waals surface area contributed by atoms with Crippen molar-refractivity contribution in [3.63, 3.8) is 0 Å². The van der Waals surface area contributed by atoms with Crippen LogP contribution in [0.3, 0.4) is 0 Å². The highest BCUT2D eigenvalue weighted by molar-refractivity contribution is 5.67. The van der Waals surface area contributed by atoms with Crippen LogP contribution in [-0.2, 0) is 0 Å². The third kappa shape index (κ3) is 2.56. The molecule has 2 N–H and O–H groups in total. The van der Waals surface area contributed by atoms with Gasteiger partial charge in [0.2, 0.25) is 0 Å². The van der Waals surface area contributed by atoms with Crippen molar-refractivity contribution >= 4 is 0 Å². The molecule has 1 unspecified atom stereocenters. The SMILES string of the molecule is Cc1ccccc1-c1cccc(C(C)CN)c1. The topological polar surface area (TPSA) is 26.0 Å². The summed E-state index contributed by atoms with van der Waals surface area (Å²) in [6, 6.07) is 17.2. The first-order valence-corrected chi connectivity index (χ1v) is 6.08. The van der Waals surface area contributed by atoms with E-state index in [-0.39, 0.29) is 0 Å². The van der Waals surface area contributed by atoms with Crippen molar-refractivity contribution in [3.8, 4) is 11.1 Å². The van der Waals surface area contributed by atoms with Gasteiger partial charge in [0.05, 0.1) is 0 Å². The number of hydrogen-bond donors (Lipinski definition) is 1. The molecule has 1 atom stereocenters. The van der Waals surface area contributed by atoms with Crippen LogP contribution in [0.4, 0.5) is 0 Å². The van der Waals surface area contributed by atoms with Crippen LogP contribution in [0.25, 0.3) is 11.1 Å². The van der Waals surface area contributed by atoms with Crippen molar-refractivity contribution in [1.29, 1.82) is 0 Å². The fourth-order valence-electron chi connectivity index (χ4n) is 2.05. The third-order valence-electron chi connectivity index (χ3n) is 3.27. The van der Waals surface area contributed by atoms with Gasteiger partial charge < -0.3 is 5.73 Å². The Hall–Kier alpha value is -1.60. The van der Waals surface area contributed by atoms with Crippen LogP contribution < -0.4 is 5.73 Å². The van der Waals surface area contributed by atoms with Crippen molar-refractivity contribution in [3.05, 3.63) is 59.7 Å². The van der Waals surface area contributed by atoms with E-state index in [4.69, 9.17) is 5.73 Å². The molecular formula is C16H19N. The summed E-state index contributed by atoms with van der Waals surface area (Å²) in [7, 11) is 0. The minimum absolute atomic E-state index is 0.416. The Morgan fingerprint density at radius 2 is 1.82 bits per heavy atom. The maximum absolute atomic E-state index is 5.72. The van der Waals surface area contributed by atoms with Crippen LogP contribution >= 0.6 is 0 Å². The van der Waals surface area contributed by atoms with E-state index in [9.17, 15) is 0 Å². The molecule has 0 saturated carbocycles. The first kappa shape index (κ1) is 11.9. The van der Waals surface area contributed by atoms with Crippen LogP contribution in [0.1, 0.15) is 24.0 Å². The molecule has 17 heavy (non-hydrogen) atoms. The lowest BCUT2D eigenvalue weighted by Crippen LogP contribution is -2.08. The minimum Gasteiger partial charge on any atom is -0.330 e. The molecule has 2 aromatic carbocycles. The maximum Gasteiger partial charge on any atom is -0.00109 e. The van der Waals surface area contributed by atoms with Gasteiger partial charge in [-0.25, -0.2) is 0 Å². The molecule has 2 rings (SSSR count). The molecule has 0 aromatic heterocycles. The van der Waals surface area contributed by atoms with Gasteiger partial charge in [0, 0.05) is 0 Å². The van der Waals surface area contributed by atoms with E-state index in [1.54, 1.807) is 0 Å². The first-order valence-electron chi connectivity index (χ1n) is 6.08. The number of hydrogen-bond acceptors (Lipinski definition) is 1. The average molecular weight is 225 g/mol. The normalized spacial score (nSPS) is 12.4. The zero-order valence-electron chi connectivity index (χ0n) is 10.5. The van der Waals surface area contributed by atoms with E-state index in [1.807, 2.05) is 0 Å². The summed E-state index contributed by atoms with van der Waals surface area (Å²) < 4.78 is 0. The highest BCUT2D eigenvalue weighted by Crippen LogP contribution is 2.26. The number of rotatable bonds is 3. The lowest BCUT2D eigenvalue weighted by Gasteiger charge is -2.12. The summed E-state index contributed by atoms with van der Waals surface area (Å²) in [6.45, 7) is 5.00. The summed E-state index contributed by atoms with van der Waals surface area (Å²) in [5.41, 5.74) is 10.9. The molecule has 0 heterocycles. The van der Waals surface area contributed by atoms with Crippen molar-refractivity contribution in [1.82, 2.24) is 0 Å². The van der Waals surface area contributed by atoms with Gasteiger partial charge in [-0.3, -0.25) is 0 Å². The molecule has 0 spiro atoms. The minimum atomic E-state index is 0.416. The van der Waals surface area contributed by atoms with Crippen molar-refractivity contribution < 1.29 is 0 Å². The molecule has 0 amide bonds. The van der Waals surface area contributed by atoms with Gasteiger partial charge in [0.1, 0.15) is 0 Å².